The lowest BCUT2D eigenvalue weighted by molar-refractivity contribution is 0.0697. The molecule has 0 saturated heterocycles. The van der Waals surface area contributed by atoms with Gasteiger partial charge in [-0.15, -0.1) is 0 Å². The molecule has 0 heterocycles. The van der Waals surface area contributed by atoms with E-state index in [2.05, 4.69) is 4.72 Å². The minimum Gasteiger partial charge on any atom is -0.478 e. The van der Waals surface area contributed by atoms with Crippen LogP contribution in [0.3, 0.4) is 0 Å². The molecule has 1 rings (SSSR count). The number of halogens is 2. The number of sulfonamides is 1. The number of carboxylic acid groups (broad SMARTS) is 1. The largest absolute Gasteiger partial charge is 0.478 e. The highest BCUT2D eigenvalue weighted by Gasteiger charge is 2.22. The molecule has 0 radical (unpaired) electrons. The zero-order valence-corrected chi connectivity index (χ0v) is 13.0. The summed E-state index contributed by atoms with van der Waals surface area (Å²) < 4.78 is 31.2. The first kappa shape index (κ1) is 18.1. The molecule has 0 fully saturated rings. The highest BCUT2D eigenvalue weighted by Crippen LogP contribution is 2.28. The lowest BCUT2D eigenvalue weighted by atomic mass is 10.2. The van der Waals surface area contributed by atoms with Crippen LogP contribution in [0.15, 0.2) is 17.0 Å². The van der Waals surface area contributed by atoms with Gasteiger partial charge in [-0.3, -0.25) is 0 Å². The first-order valence-electron chi connectivity index (χ1n) is 5.70. The van der Waals surface area contributed by atoms with Gasteiger partial charge in [0.25, 0.3) is 0 Å². The van der Waals surface area contributed by atoms with E-state index in [1.165, 1.54) is 0 Å². The van der Waals surface area contributed by atoms with Crippen LogP contribution in [0.4, 0.5) is 0 Å². The van der Waals surface area contributed by atoms with Crippen molar-refractivity contribution in [3.05, 3.63) is 27.7 Å². The van der Waals surface area contributed by atoms with Crippen LogP contribution in [0.1, 0.15) is 10.4 Å². The zero-order chi connectivity index (χ0) is 16.0. The summed E-state index contributed by atoms with van der Waals surface area (Å²) in [6.45, 7) is -0.0786. The van der Waals surface area contributed by atoms with Gasteiger partial charge in [0.05, 0.1) is 35.4 Å². The standard InChI is InChI=1S/C11H13Cl2NO6S/c12-8-6-9(13)10(5-7(8)11(16)17)21(18,19)14-1-3-20-4-2-15/h5-6,14-15H,1-4H2,(H,16,17). The van der Waals surface area contributed by atoms with Crippen LogP contribution >= 0.6 is 23.2 Å². The van der Waals surface area contributed by atoms with Gasteiger partial charge in [0, 0.05) is 6.54 Å². The summed E-state index contributed by atoms with van der Waals surface area (Å²) in [5.74, 6) is -1.36. The van der Waals surface area contributed by atoms with Crippen molar-refractivity contribution in [2.75, 3.05) is 26.4 Å². The fraction of sp³-hybridized carbons (Fsp3) is 0.364. The van der Waals surface area contributed by atoms with E-state index in [9.17, 15) is 13.2 Å². The Morgan fingerprint density at radius 2 is 1.90 bits per heavy atom. The Bertz CT molecular complexity index is 619. The van der Waals surface area contributed by atoms with Crippen LogP contribution in [0.5, 0.6) is 0 Å². The molecule has 0 saturated carbocycles. The minimum atomic E-state index is -4.00. The van der Waals surface area contributed by atoms with E-state index in [0.717, 1.165) is 12.1 Å². The normalized spacial score (nSPS) is 11.6. The first-order valence-corrected chi connectivity index (χ1v) is 7.94. The van der Waals surface area contributed by atoms with Crippen LogP contribution in [-0.4, -0.2) is 51.0 Å². The quantitative estimate of drug-likeness (QED) is 0.597. The molecule has 118 valence electrons. The van der Waals surface area contributed by atoms with Gasteiger partial charge in [-0.1, -0.05) is 23.2 Å². The summed E-state index contributed by atoms with van der Waals surface area (Å²) in [4.78, 5) is 10.6. The molecule has 0 aliphatic carbocycles. The van der Waals surface area contributed by atoms with Gasteiger partial charge < -0.3 is 14.9 Å². The molecule has 21 heavy (non-hydrogen) atoms. The number of aromatic carboxylic acids is 1. The highest BCUT2D eigenvalue weighted by atomic mass is 35.5. The highest BCUT2D eigenvalue weighted by molar-refractivity contribution is 7.89. The van der Waals surface area contributed by atoms with Crippen molar-refractivity contribution in [1.29, 1.82) is 0 Å². The van der Waals surface area contributed by atoms with E-state index < -0.39 is 16.0 Å². The van der Waals surface area contributed by atoms with Crippen molar-refractivity contribution in [2.45, 2.75) is 4.90 Å². The second kappa shape index (κ2) is 7.92. The third-order valence-corrected chi connectivity index (χ3v) is 4.55. The van der Waals surface area contributed by atoms with E-state index in [4.69, 9.17) is 38.2 Å². The molecule has 0 bridgehead atoms. The van der Waals surface area contributed by atoms with Crippen molar-refractivity contribution in [2.24, 2.45) is 0 Å². The number of benzene rings is 1. The topological polar surface area (TPSA) is 113 Å². The van der Waals surface area contributed by atoms with Gasteiger partial charge in [0.15, 0.2) is 0 Å². The SMILES string of the molecule is O=C(O)c1cc(S(=O)(=O)NCCOCCO)c(Cl)cc1Cl. The fourth-order valence-electron chi connectivity index (χ4n) is 1.39. The third kappa shape index (κ3) is 5.10. The Labute approximate surface area is 131 Å². The third-order valence-electron chi connectivity index (χ3n) is 2.32. The molecule has 0 atom stereocenters. The summed E-state index contributed by atoms with van der Waals surface area (Å²) in [5, 5.41) is 17.1. The maximum Gasteiger partial charge on any atom is 0.337 e. The van der Waals surface area contributed by atoms with Crippen molar-refractivity contribution < 1.29 is 28.2 Å². The molecule has 1 aromatic rings. The van der Waals surface area contributed by atoms with Crippen LogP contribution in [0, 0.1) is 0 Å². The first-order chi connectivity index (χ1) is 9.79. The lowest BCUT2D eigenvalue weighted by Crippen LogP contribution is -2.28. The molecule has 0 aromatic heterocycles. The van der Waals surface area contributed by atoms with E-state index in [1.807, 2.05) is 0 Å². The number of ether oxygens (including phenoxy) is 1. The molecular formula is C11H13Cl2NO6S. The zero-order valence-electron chi connectivity index (χ0n) is 10.7. The second-order valence-corrected chi connectivity index (χ2v) is 6.35. The number of aliphatic hydroxyl groups excluding tert-OH is 1. The van der Waals surface area contributed by atoms with Gasteiger partial charge in [-0.2, -0.15) is 0 Å². The van der Waals surface area contributed by atoms with Crippen LogP contribution in [0.25, 0.3) is 0 Å². The number of carboxylic acids is 1. The average Bonchev–Trinajstić information content (AvgIpc) is 2.37. The molecule has 0 amide bonds. The Kier molecular flexibility index (Phi) is 6.85. The van der Waals surface area contributed by atoms with Crippen molar-refractivity contribution >= 4 is 39.2 Å². The predicted octanol–water partition coefficient (Wildman–Crippen LogP) is 0.979. The maximum absolute atomic E-state index is 12.0. The smallest absolute Gasteiger partial charge is 0.337 e. The monoisotopic (exact) mass is 357 g/mol. The van der Waals surface area contributed by atoms with Crippen LogP contribution in [0.2, 0.25) is 10.0 Å². The molecule has 0 unspecified atom stereocenters. The number of aliphatic hydroxyl groups is 1. The number of hydrogen-bond acceptors (Lipinski definition) is 5. The summed E-state index contributed by atoms with van der Waals surface area (Å²) in [7, 11) is -4.00. The average molecular weight is 358 g/mol. The van der Waals surface area contributed by atoms with E-state index in [1.54, 1.807) is 0 Å². The number of hydrogen-bond donors (Lipinski definition) is 3. The molecule has 10 heteroatoms. The van der Waals surface area contributed by atoms with Gasteiger partial charge in [-0.05, 0) is 12.1 Å². The van der Waals surface area contributed by atoms with Gasteiger partial charge in [0.1, 0.15) is 4.90 Å². The molecule has 0 spiro atoms. The summed E-state index contributed by atoms with van der Waals surface area (Å²) >= 11 is 11.5. The van der Waals surface area contributed by atoms with Crippen LogP contribution < -0.4 is 4.72 Å². The van der Waals surface area contributed by atoms with Gasteiger partial charge in [-0.25, -0.2) is 17.9 Å². The van der Waals surface area contributed by atoms with Crippen molar-refractivity contribution in [1.82, 2.24) is 4.72 Å². The van der Waals surface area contributed by atoms with E-state index >= 15 is 0 Å². The molecule has 3 N–H and O–H groups in total. The Morgan fingerprint density at radius 3 is 2.48 bits per heavy atom. The molecule has 0 aliphatic heterocycles. The van der Waals surface area contributed by atoms with Crippen molar-refractivity contribution in [3.8, 4) is 0 Å². The molecule has 7 nitrogen and oxygen atoms in total. The van der Waals surface area contributed by atoms with E-state index in [-0.39, 0.29) is 46.9 Å². The number of nitrogens with one attached hydrogen (secondary N) is 1. The second-order valence-electron chi connectivity index (χ2n) is 3.80. The summed E-state index contributed by atoms with van der Waals surface area (Å²) in [5.41, 5.74) is -0.363. The number of carbonyl (C=O) groups is 1. The summed E-state index contributed by atoms with van der Waals surface area (Å²) in [6.07, 6.45) is 0. The van der Waals surface area contributed by atoms with Gasteiger partial charge in [0.2, 0.25) is 10.0 Å². The van der Waals surface area contributed by atoms with E-state index in [0.29, 0.717) is 0 Å². The lowest BCUT2D eigenvalue weighted by Gasteiger charge is -2.10. The number of rotatable bonds is 8. The molecular weight excluding hydrogens is 345 g/mol. The maximum atomic E-state index is 12.0. The Balaban J connectivity index is 2.92. The Hall–Kier alpha value is -0.900. The fourth-order valence-corrected chi connectivity index (χ4v) is 3.26. The predicted molar refractivity (Wildman–Crippen MR) is 76.5 cm³/mol. The summed E-state index contributed by atoms with van der Waals surface area (Å²) in [6, 6.07) is 1.95. The molecule has 0 aliphatic rings. The molecule has 1 aromatic carbocycles. The van der Waals surface area contributed by atoms with Gasteiger partial charge >= 0.3 is 5.97 Å². The van der Waals surface area contributed by atoms with Crippen LogP contribution in [-0.2, 0) is 14.8 Å². The van der Waals surface area contributed by atoms with Crippen molar-refractivity contribution in [3.63, 3.8) is 0 Å². The minimum absolute atomic E-state index is 0.0519. The Morgan fingerprint density at radius 1 is 1.24 bits per heavy atom.